The summed E-state index contributed by atoms with van der Waals surface area (Å²) < 4.78 is 12.4. The van der Waals surface area contributed by atoms with Crippen LogP contribution in [-0.2, 0) is 21.6 Å². The van der Waals surface area contributed by atoms with Gasteiger partial charge >= 0.3 is 5.97 Å². The summed E-state index contributed by atoms with van der Waals surface area (Å²) in [5.41, 5.74) is 1.46. The Kier molecular flexibility index (Phi) is 5.32. The van der Waals surface area contributed by atoms with Crippen LogP contribution in [0, 0.1) is 0 Å². The molecule has 0 saturated carbocycles. The van der Waals surface area contributed by atoms with Crippen LogP contribution in [0.5, 0.6) is 5.75 Å². The van der Waals surface area contributed by atoms with Crippen molar-refractivity contribution >= 4 is 22.3 Å². The van der Waals surface area contributed by atoms with Crippen LogP contribution in [0.2, 0.25) is 0 Å². The average Bonchev–Trinajstić information content (AvgIpc) is 3.08. The lowest BCUT2D eigenvalue weighted by Gasteiger charge is -2.20. The van der Waals surface area contributed by atoms with Crippen molar-refractivity contribution in [1.29, 1.82) is 0 Å². The Bertz CT molecular complexity index is 999. The molecule has 0 bridgehead atoms. The summed E-state index contributed by atoms with van der Waals surface area (Å²) in [6, 6.07) is 9.03. The first-order chi connectivity index (χ1) is 12.7. The number of carbonyl (C=O) groups excluding carboxylic acids is 1. The van der Waals surface area contributed by atoms with Crippen molar-refractivity contribution in [2.75, 3.05) is 0 Å². The van der Waals surface area contributed by atoms with Gasteiger partial charge in [-0.25, -0.2) is 9.78 Å². The zero-order valence-corrected chi connectivity index (χ0v) is 16.6. The molecule has 0 saturated heterocycles. The van der Waals surface area contributed by atoms with Crippen LogP contribution >= 0.6 is 11.3 Å². The molecule has 142 valence electrons. The summed E-state index contributed by atoms with van der Waals surface area (Å²) in [6.07, 6.45) is 0.892. The van der Waals surface area contributed by atoms with Gasteiger partial charge in [0.25, 0.3) is 5.56 Å². The Labute approximate surface area is 161 Å². The highest BCUT2D eigenvalue weighted by atomic mass is 32.1. The number of nitrogens with zero attached hydrogens (tertiary/aromatic N) is 2. The van der Waals surface area contributed by atoms with Gasteiger partial charge in [0.05, 0.1) is 5.69 Å². The van der Waals surface area contributed by atoms with E-state index in [1.807, 2.05) is 24.3 Å². The van der Waals surface area contributed by atoms with Crippen LogP contribution in [0.4, 0.5) is 0 Å². The van der Waals surface area contributed by atoms with Crippen LogP contribution < -0.4 is 10.3 Å². The van der Waals surface area contributed by atoms with Crippen LogP contribution in [-0.4, -0.2) is 21.5 Å². The molecule has 6 nitrogen and oxygen atoms in total. The number of ether oxygens (including phenoxy) is 2. The second-order valence-electron chi connectivity index (χ2n) is 7.28. The molecule has 2 aromatic heterocycles. The average molecular weight is 386 g/mol. The van der Waals surface area contributed by atoms with Gasteiger partial charge in [-0.2, -0.15) is 0 Å². The van der Waals surface area contributed by atoms with Crippen molar-refractivity contribution in [3.05, 3.63) is 63.5 Å². The lowest BCUT2D eigenvalue weighted by Crippen LogP contribution is -2.26. The molecule has 0 unspecified atom stereocenters. The topological polar surface area (TPSA) is 69.9 Å². The summed E-state index contributed by atoms with van der Waals surface area (Å²) in [5.74, 6) is 0.0897. The molecule has 0 radical (unpaired) electrons. The molecular weight excluding hydrogens is 364 g/mol. The molecule has 0 amide bonds. The van der Waals surface area contributed by atoms with E-state index < -0.39 is 12.1 Å². The first kappa shape index (κ1) is 19.1. The molecule has 3 rings (SSSR count). The molecule has 1 aromatic carbocycles. The van der Waals surface area contributed by atoms with E-state index >= 15 is 0 Å². The molecule has 0 aliphatic carbocycles. The van der Waals surface area contributed by atoms with E-state index in [0.29, 0.717) is 16.4 Å². The molecule has 0 N–H and O–H groups in total. The second-order valence-corrected chi connectivity index (χ2v) is 8.16. The van der Waals surface area contributed by atoms with Gasteiger partial charge in [0.1, 0.15) is 12.4 Å². The minimum atomic E-state index is -0.767. The van der Waals surface area contributed by atoms with Gasteiger partial charge in [0.2, 0.25) is 0 Å². The Hall–Kier alpha value is -2.67. The third kappa shape index (κ3) is 4.54. The van der Waals surface area contributed by atoms with E-state index in [1.165, 1.54) is 27.4 Å². The Morgan fingerprint density at radius 1 is 1.26 bits per heavy atom. The van der Waals surface area contributed by atoms with E-state index in [0.717, 1.165) is 0 Å². The highest BCUT2D eigenvalue weighted by molar-refractivity contribution is 7.15. The molecule has 7 heteroatoms. The number of aromatic nitrogens is 2. The number of hydrogen-bond acceptors (Lipinski definition) is 6. The quantitative estimate of drug-likeness (QED) is 0.627. The molecular formula is C20H22N2O4S. The lowest BCUT2D eigenvalue weighted by atomic mass is 9.87. The van der Waals surface area contributed by atoms with E-state index in [-0.39, 0.29) is 17.6 Å². The van der Waals surface area contributed by atoms with Crippen molar-refractivity contribution in [3.8, 4) is 5.75 Å². The summed E-state index contributed by atoms with van der Waals surface area (Å²) in [4.78, 5) is 29.0. The number of thiazole rings is 1. The molecule has 0 aliphatic rings. The Morgan fingerprint density at radius 3 is 2.63 bits per heavy atom. The summed E-state index contributed by atoms with van der Waals surface area (Å²) in [5, 5.41) is 1.78. The molecule has 0 spiro atoms. The molecule has 0 fully saturated rings. The van der Waals surface area contributed by atoms with E-state index in [4.69, 9.17) is 9.47 Å². The number of fused-ring (bicyclic) bond motifs is 1. The van der Waals surface area contributed by atoms with Crippen LogP contribution in [0.3, 0.4) is 0 Å². The minimum absolute atomic E-state index is 0.0540. The van der Waals surface area contributed by atoms with Crippen molar-refractivity contribution in [3.63, 3.8) is 0 Å². The maximum absolute atomic E-state index is 12.2. The van der Waals surface area contributed by atoms with Gasteiger partial charge in [-0.15, -0.1) is 11.3 Å². The third-order valence-corrected chi connectivity index (χ3v) is 4.84. The van der Waals surface area contributed by atoms with Crippen molar-refractivity contribution in [2.24, 2.45) is 0 Å². The van der Waals surface area contributed by atoms with E-state index in [9.17, 15) is 9.59 Å². The fourth-order valence-corrected chi connectivity index (χ4v) is 3.25. The van der Waals surface area contributed by atoms with E-state index in [1.54, 1.807) is 18.5 Å². The Balaban J connectivity index is 1.59. The number of carbonyl (C=O) groups is 1. The zero-order chi connectivity index (χ0) is 19.6. The molecule has 3 aromatic rings. The van der Waals surface area contributed by atoms with Gasteiger partial charge in [0, 0.05) is 17.6 Å². The first-order valence-corrected chi connectivity index (χ1v) is 9.51. The maximum Gasteiger partial charge on any atom is 0.347 e. The molecule has 1 atom stereocenters. The standard InChI is InChI=1S/C20H22N2O4S/c1-13(26-16-7-5-14(6-8-16)20(2,3)4)18(24)25-12-15-11-17(23)22-9-10-27-19(22)21-15/h5-11,13H,12H2,1-4H3/t13-/m0/s1. The normalized spacial score (nSPS) is 12.7. The highest BCUT2D eigenvalue weighted by Gasteiger charge is 2.18. The number of hydrogen-bond donors (Lipinski definition) is 0. The maximum atomic E-state index is 12.2. The van der Waals surface area contributed by atoms with Gasteiger partial charge in [-0.05, 0) is 30.0 Å². The zero-order valence-electron chi connectivity index (χ0n) is 15.8. The van der Waals surface area contributed by atoms with Crippen molar-refractivity contribution in [1.82, 2.24) is 9.38 Å². The van der Waals surface area contributed by atoms with Crippen molar-refractivity contribution < 1.29 is 14.3 Å². The van der Waals surface area contributed by atoms with Crippen LogP contribution in [0.25, 0.3) is 4.96 Å². The summed E-state index contributed by atoms with van der Waals surface area (Å²) in [7, 11) is 0. The summed E-state index contributed by atoms with van der Waals surface area (Å²) in [6.45, 7) is 7.96. The van der Waals surface area contributed by atoms with Crippen LogP contribution in [0.15, 0.2) is 46.7 Å². The highest BCUT2D eigenvalue weighted by Crippen LogP contribution is 2.24. The van der Waals surface area contributed by atoms with Gasteiger partial charge in [-0.1, -0.05) is 32.9 Å². The monoisotopic (exact) mass is 386 g/mol. The molecule has 2 heterocycles. The third-order valence-electron chi connectivity index (χ3n) is 4.08. The van der Waals surface area contributed by atoms with Gasteiger partial charge < -0.3 is 9.47 Å². The second kappa shape index (κ2) is 7.52. The SMILES string of the molecule is C[C@H](Oc1ccc(C(C)(C)C)cc1)C(=O)OCc1cc(=O)n2ccsc2n1. The van der Waals surface area contributed by atoms with Gasteiger partial charge in [-0.3, -0.25) is 9.20 Å². The fraction of sp³-hybridized carbons (Fsp3) is 0.350. The predicted octanol–water partition coefficient (Wildman–Crippen LogP) is 3.56. The number of rotatable bonds is 5. The van der Waals surface area contributed by atoms with Crippen LogP contribution in [0.1, 0.15) is 39.0 Å². The predicted molar refractivity (Wildman–Crippen MR) is 104 cm³/mol. The number of esters is 1. The van der Waals surface area contributed by atoms with E-state index in [2.05, 4.69) is 25.8 Å². The Morgan fingerprint density at radius 2 is 1.96 bits per heavy atom. The summed E-state index contributed by atoms with van der Waals surface area (Å²) >= 11 is 1.35. The smallest absolute Gasteiger partial charge is 0.347 e. The first-order valence-electron chi connectivity index (χ1n) is 8.63. The molecule has 27 heavy (non-hydrogen) atoms. The van der Waals surface area contributed by atoms with Gasteiger partial charge in [0.15, 0.2) is 11.1 Å². The number of benzene rings is 1. The lowest BCUT2D eigenvalue weighted by molar-refractivity contribution is -0.152. The molecule has 0 aliphatic heterocycles. The fourth-order valence-electron chi connectivity index (χ4n) is 2.51. The van der Waals surface area contributed by atoms with Crippen molar-refractivity contribution in [2.45, 2.75) is 45.8 Å². The largest absolute Gasteiger partial charge is 0.479 e. The minimum Gasteiger partial charge on any atom is -0.479 e.